The lowest BCUT2D eigenvalue weighted by Gasteiger charge is -2.33. The minimum atomic E-state index is -0.368. The van der Waals surface area contributed by atoms with Crippen LogP contribution in [0.2, 0.25) is 0 Å². The summed E-state index contributed by atoms with van der Waals surface area (Å²) in [5, 5.41) is 2.48. The van der Waals surface area contributed by atoms with Crippen LogP contribution < -0.4 is 10.1 Å². The van der Waals surface area contributed by atoms with E-state index >= 15 is 0 Å². The zero-order valence-electron chi connectivity index (χ0n) is 16.7. The molecule has 0 aromatic heterocycles. The summed E-state index contributed by atoms with van der Waals surface area (Å²) in [5.41, 5.74) is 0.455. The van der Waals surface area contributed by atoms with Crippen LogP contribution in [0, 0.1) is 5.92 Å². The van der Waals surface area contributed by atoms with Crippen molar-refractivity contribution in [2.45, 2.75) is 19.3 Å². The van der Waals surface area contributed by atoms with E-state index < -0.39 is 0 Å². The molecule has 1 N–H and O–H groups in total. The lowest BCUT2D eigenvalue weighted by Crippen LogP contribution is -2.43. The summed E-state index contributed by atoms with van der Waals surface area (Å²) in [7, 11) is 1.57. The number of carbonyl (C=O) groups excluding carboxylic acids is 2. The Morgan fingerprint density at radius 2 is 1.75 bits per heavy atom. The van der Waals surface area contributed by atoms with Gasteiger partial charge in [-0.15, -0.1) is 0 Å². The van der Waals surface area contributed by atoms with Crippen LogP contribution >= 0.6 is 0 Å². The number of nitrogens with zero attached hydrogens (tertiary/aromatic N) is 2. The van der Waals surface area contributed by atoms with Gasteiger partial charge in [0.25, 0.3) is 5.91 Å². The predicted molar refractivity (Wildman–Crippen MR) is 107 cm³/mol. The number of morpholine rings is 1. The Labute approximate surface area is 167 Å². The van der Waals surface area contributed by atoms with Gasteiger partial charge in [0, 0.05) is 18.7 Å². The standard InChI is InChI=1S/C21H31N3O4/c1-27-19-4-2-18(3-5-19)21(26)22-20(25)16-24-10-7-17(8-11-24)6-9-23-12-14-28-15-13-23/h2-5,17H,6-16H2,1H3,(H,22,25,26). The molecule has 0 spiro atoms. The van der Waals surface area contributed by atoms with Crippen LogP contribution in [0.4, 0.5) is 0 Å². The van der Waals surface area contributed by atoms with Crippen LogP contribution in [0.25, 0.3) is 0 Å². The van der Waals surface area contributed by atoms with E-state index in [0.29, 0.717) is 11.3 Å². The highest BCUT2D eigenvalue weighted by Gasteiger charge is 2.22. The molecule has 28 heavy (non-hydrogen) atoms. The average molecular weight is 389 g/mol. The number of ether oxygens (including phenoxy) is 2. The minimum Gasteiger partial charge on any atom is -0.497 e. The smallest absolute Gasteiger partial charge is 0.257 e. The topological polar surface area (TPSA) is 71.1 Å². The largest absolute Gasteiger partial charge is 0.497 e. The second-order valence-electron chi connectivity index (χ2n) is 7.57. The maximum Gasteiger partial charge on any atom is 0.257 e. The Bertz CT molecular complexity index is 636. The van der Waals surface area contributed by atoms with Crippen LogP contribution in [0.5, 0.6) is 5.75 Å². The number of benzene rings is 1. The zero-order valence-corrected chi connectivity index (χ0v) is 16.7. The maximum atomic E-state index is 12.2. The van der Waals surface area contributed by atoms with Crippen LogP contribution in [-0.2, 0) is 9.53 Å². The summed E-state index contributed by atoms with van der Waals surface area (Å²) < 4.78 is 10.5. The number of rotatable bonds is 7. The molecule has 0 bridgehead atoms. The first-order valence-corrected chi connectivity index (χ1v) is 10.1. The Morgan fingerprint density at radius 1 is 1.07 bits per heavy atom. The van der Waals surface area contributed by atoms with Crippen molar-refractivity contribution in [3.05, 3.63) is 29.8 Å². The lowest BCUT2D eigenvalue weighted by atomic mass is 9.93. The average Bonchev–Trinajstić information content (AvgIpc) is 2.74. The van der Waals surface area contributed by atoms with Crippen LogP contribution in [0.3, 0.4) is 0 Å². The van der Waals surface area contributed by atoms with Crippen molar-refractivity contribution in [2.24, 2.45) is 5.92 Å². The SMILES string of the molecule is COc1ccc(C(=O)NC(=O)CN2CCC(CCN3CCOCC3)CC2)cc1. The van der Waals surface area contributed by atoms with Crippen LogP contribution in [-0.4, -0.2) is 81.2 Å². The monoisotopic (exact) mass is 389 g/mol. The first-order valence-electron chi connectivity index (χ1n) is 10.1. The van der Waals surface area contributed by atoms with E-state index in [1.807, 2.05) is 0 Å². The first kappa shape index (κ1) is 20.8. The number of methoxy groups -OCH3 is 1. The molecule has 2 saturated heterocycles. The second kappa shape index (κ2) is 10.5. The molecule has 2 heterocycles. The van der Waals surface area contributed by atoms with Crippen LogP contribution in [0.1, 0.15) is 29.6 Å². The molecule has 0 radical (unpaired) electrons. The van der Waals surface area contributed by atoms with Crippen molar-refractivity contribution < 1.29 is 19.1 Å². The van der Waals surface area contributed by atoms with Crippen molar-refractivity contribution in [3.8, 4) is 5.75 Å². The van der Waals surface area contributed by atoms with E-state index in [1.54, 1.807) is 31.4 Å². The summed E-state index contributed by atoms with van der Waals surface area (Å²) in [6.45, 7) is 7.03. The van der Waals surface area contributed by atoms with Gasteiger partial charge in [0.1, 0.15) is 5.75 Å². The van der Waals surface area contributed by atoms with Crippen molar-refractivity contribution in [3.63, 3.8) is 0 Å². The molecule has 0 atom stereocenters. The van der Waals surface area contributed by atoms with E-state index in [9.17, 15) is 9.59 Å². The van der Waals surface area contributed by atoms with E-state index in [-0.39, 0.29) is 18.4 Å². The highest BCUT2D eigenvalue weighted by molar-refractivity contribution is 6.05. The Morgan fingerprint density at radius 3 is 2.39 bits per heavy atom. The zero-order chi connectivity index (χ0) is 19.8. The van der Waals surface area contributed by atoms with Gasteiger partial charge in [0.05, 0.1) is 26.9 Å². The molecule has 0 aliphatic carbocycles. The summed E-state index contributed by atoms with van der Waals surface area (Å²) in [4.78, 5) is 29.0. The number of hydrogen-bond donors (Lipinski definition) is 1. The molecule has 2 fully saturated rings. The van der Waals surface area contributed by atoms with Gasteiger partial charge in [0.2, 0.25) is 5.91 Å². The number of nitrogens with one attached hydrogen (secondary N) is 1. The van der Waals surface area contributed by atoms with E-state index in [0.717, 1.165) is 64.7 Å². The van der Waals surface area contributed by atoms with Gasteiger partial charge < -0.3 is 9.47 Å². The molecular weight excluding hydrogens is 358 g/mol. The van der Waals surface area contributed by atoms with Crippen molar-refractivity contribution in [1.82, 2.24) is 15.1 Å². The van der Waals surface area contributed by atoms with Gasteiger partial charge in [0.15, 0.2) is 0 Å². The molecule has 1 aromatic rings. The fraction of sp³-hybridized carbons (Fsp3) is 0.619. The van der Waals surface area contributed by atoms with Gasteiger partial charge >= 0.3 is 0 Å². The molecule has 3 rings (SSSR count). The van der Waals surface area contributed by atoms with Crippen molar-refractivity contribution >= 4 is 11.8 Å². The molecule has 7 heteroatoms. The molecule has 2 aliphatic heterocycles. The van der Waals surface area contributed by atoms with Gasteiger partial charge in [-0.05, 0) is 69.1 Å². The third-order valence-electron chi connectivity index (χ3n) is 5.64. The third kappa shape index (κ3) is 6.29. The molecular formula is C21H31N3O4. The number of imide groups is 1. The van der Waals surface area contributed by atoms with Crippen molar-refractivity contribution in [2.75, 3.05) is 59.6 Å². The molecule has 0 unspecified atom stereocenters. The molecule has 1 aromatic carbocycles. The van der Waals surface area contributed by atoms with Gasteiger partial charge in [-0.1, -0.05) is 0 Å². The fourth-order valence-electron chi connectivity index (χ4n) is 3.81. The normalized spacial score (nSPS) is 19.3. The fourth-order valence-corrected chi connectivity index (χ4v) is 3.81. The second-order valence-corrected chi connectivity index (χ2v) is 7.57. The van der Waals surface area contributed by atoms with E-state index in [4.69, 9.17) is 9.47 Å². The molecule has 154 valence electrons. The first-order chi connectivity index (χ1) is 13.6. The maximum absolute atomic E-state index is 12.2. The van der Waals surface area contributed by atoms with Crippen molar-refractivity contribution in [1.29, 1.82) is 0 Å². The van der Waals surface area contributed by atoms with E-state index in [1.165, 1.54) is 6.42 Å². The van der Waals surface area contributed by atoms with E-state index in [2.05, 4.69) is 15.1 Å². The summed E-state index contributed by atoms with van der Waals surface area (Å²) in [6.07, 6.45) is 3.45. The number of hydrogen-bond acceptors (Lipinski definition) is 6. The number of piperidine rings is 1. The number of likely N-dealkylation sites (tertiary alicyclic amines) is 1. The molecule has 2 aliphatic rings. The third-order valence-corrected chi connectivity index (χ3v) is 5.64. The summed E-state index contributed by atoms with van der Waals surface area (Å²) in [5.74, 6) is 0.795. The van der Waals surface area contributed by atoms with Crippen LogP contribution in [0.15, 0.2) is 24.3 Å². The number of amides is 2. The predicted octanol–water partition coefficient (Wildman–Crippen LogP) is 1.39. The minimum absolute atomic E-state index is 0.243. The molecule has 2 amide bonds. The molecule has 0 saturated carbocycles. The highest BCUT2D eigenvalue weighted by atomic mass is 16.5. The number of carbonyl (C=O) groups is 2. The quantitative estimate of drug-likeness (QED) is 0.760. The highest BCUT2D eigenvalue weighted by Crippen LogP contribution is 2.21. The van der Waals surface area contributed by atoms with Gasteiger partial charge in [-0.3, -0.25) is 24.7 Å². The lowest BCUT2D eigenvalue weighted by molar-refractivity contribution is -0.121. The summed E-state index contributed by atoms with van der Waals surface area (Å²) >= 11 is 0. The van der Waals surface area contributed by atoms with Gasteiger partial charge in [-0.25, -0.2) is 0 Å². The molecule has 7 nitrogen and oxygen atoms in total. The Hall–Kier alpha value is -1.96. The Kier molecular flexibility index (Phi) is 7.82. The Balaban J connectivity index is 1.34. The van der Waals surface area contributed by atoms with Gasteiger partial charge in [-0.2, -0.15) is 0 Å². The summed E-state index contributed by atoms with van der Waals surface area (Å²) in [6, 6.07) is 6.73.